The van der Waals surface area contributed by atoms with E-state index in [2.05, 4.69) is 36.6 Å². The molecule has 1 aliphatic heterocycles. The molecular formula is C13H20N2OS. The van der Waals surface area contributed by atoms with Gasteiger partial charge >= 0.3 is 0 Å². The molecule has 1 aromatic carbocycles. The molecule has 3 nitrogen and oxygen atoms in total. The Morgan fingerprint density at radius 1 is 1.59 bits per heavy atom. The van der Waals surface area contributed by atoms with E-state index in [-0.39, 0.29) is 12.1 Å². The maximum atomic E-state index is 5.77. The van der Waals surface area contributed by atoms with Crippen molar-refractivity contribution in [1.82, 2.24) is 5.43 Å². The lowest BCUT2D eigenvalue weighted by Crippen LogP contribution is -2.49. The minimum Gasteiger partial charge on any atom is -0.375 e. The highest BCUT2D eigenvalue weighted by atomic mass is 32.2. The van der Waals surface area contributed by atoms with Crippen LogP contribution in [-0.2, 0) is 11.2 Å². The zero-order valence-electron chi connectivity index (χ0n) is 10.2. The number of nitrogens with one attached hydrogen (secondary N) is 1. The van der Waals surface area contributed by atoms with Crippen LogP contribution in [0.3, 0.4) is 0 Å². The summed E-state index contributed by atoms with van der Waals surface area (Å²) in [5, 5.41) is 0. The Morgan fingerprint density at radius 2 is 2.47 bits per heavy atom. The molecule has 0 spiro atoms. The first-order valence-electron chi connectivity index (χ1n) is 6.00. The van der Waals surface area contributed by atoms with Gasteiger partial charge in [-0.1, -0.05) is 29.8 Å². The number of ether oxygens (including phenoxy) is 1. The maximum absolute atomic E-state index is 5.77. The number of hydrogen-bond acceptors (Lipinski definition) is 4. The zero-order chi connectivity index (χ0) is 12.1. The number of hydrazine groups is 1. The first-order valence-corrected chi connectivity index (χ1v) is 7.16. The summed E-state index contributed by atoms with van der Waals surface area (Å²) < 4.78 is 5.77. The summed E-state index contributed by atoms with van der Waals surface area (Å²) in [5.41, 5.74) is 5.50. The van der Waals surface area contributed by atoms with E-state index in [1.807, 2.05) is 11.8 Å². The third-order valence-electron chi connectivity index (χ3n) is 3.04. The monoisotopic (exact) mass is 252 g/mol. The molecule has 1 aromatic rings. The lowest BCUT2D eigenvalue weighted by atomic mass is 10.0. The minimum absolute atomic E-state index is 0.199. The van der Waals surface area contributed by atoms with Gasteiger partial charge in [0.15, 0.2) is 0 Å². The summed E-state index contributed by atoms with van der Waals surface area (Å²) in [6.07, 6.45) is 1.14. The van der Waals surface area contributed by atoms with E-state index in [9.17, 15) is 0 Å². The van der Waals surface area contributed by atoms with Gasteiger partial charge in [0, 0.05) is 11.5 Å². The van der Waals surface area contributed by atoms with E-state index in [4.69, 9.17) is 10.6 Å². The quantitative estimate of drug-likeness (QED) is 0.630. The molecule has 0 amide bonds. The topological polar surface area (TPSA) is 47.3 Å². The molecule has 1 heterocycles. The molecule has 2 unspecified atom stereocenters. The van der Waals surface area contributed by atoms with Crippen LogP contribution in [0.5, 0.6) is 0 Å². The smallest absolute Gasteiger partial charge is 0.0835 e. The SMILES string of the molecule is Cc1cccc(CC(NN)C2CSCCO2)c1. The zero-order valence-corrected chi connectivity index (χ0v) is 11.0. The molecule has 0 radical (unpaired) electrons. The predicted octanol–water partition coefficient (Wildman–Crippen LogP) is 1.50. The Morgan fingerprint density at radius 3 is 3.12 bits per heavy atom. The van der Waals surface area contributed by atoms with Gasteiger partial charge in [0.1, 0.15) is 0 Å². The second-order valence-corrected chi connectivity index (χ2v) is 5.60. The van der Waals surface area contributed by atoms with Gasteiger partial charge < -0.3 is 4.74 Å². The van der Waals surface area contributed by atoms with Crippen molar-refractivity contribution in [3.05, 3.63) is 35.4 Å². The number of hydrogen-bond donors (Lipinski definition) is 2. The molecule has 3 N–H and O–H groups in total. The number of rotatable bonds is 4. The van der Waals surface area contributed by atoms with Crippen molar-refractivity contribution in [3.63, 3.8) is 0 Å². The van der Waals surface area contributed by atoms with Crippen molar-refractivity contribution < 1.29 is 4.74 Å². The highest BCUT2D eigenvalue weighted by molar-refractivity contribution is 7.99. The molecule has 4 heteroatoms. The van der Waals surface area contributed by atoms with E-state index < -0.39 is 0 Å². The van der Waals surface area contributed by atoms with Crippen LogP contribution in [0.4, 0.5) is 0 Å². The van der Waals surface area contributed by atoms with Crippen LogP contribution in [0.2, 0.25) is 0 Å². The molecule has 1 saturated heterocycles. The van der Waals surface area contributed by atoms with E-state index in [1.54, 1.807) is 0 Å². The minimum atomic E-state index is 0.199. The molecule has 2 rings (SSSR count). The van der Waals surface area contributed by atoms with Gasteiger partial charge in [0.2, 0.25) is 0 Å². The Balaban J connectivity index is 1.98. The van der Waals surface area contributed by atoms with E-state index in [0.29, 0.717) is 0 Å². The van der Waals surface area contributed by atoms with Crippen LogP contribution in [-0.4, -0.2) is 30.3 Å². The summed E-state index contributed by atoms with van der Waals surface area (Å²) in [6, 6.07) is 8.76. The van der Waals surface area contributed by atoms with Crippen LogP contribution < -0.4 is 11.3 Å². The normalized spacial score (nSPS) is 22.4. The Kier molecular flexibility index (Phi) is 4.86. The molecule has 17 heavy (non-hydrogen) atoms. The second-order valence-electron chi connectivity index (χ2n) is 4.45. The van der Waals surface area contributed by atoms with Crippen LogP contribution in [0, 0.1) is 6.92 Å². The van der Waals surface area contributed by atoms with Gasteiger partial charge in [-0.15, -0.1) is 0 Å². The molecule has 1 aliphatic rings. The Labute approximate surface area is 107 Å². The van der Waals surface area contributed by atoms with Crippen molar-refractivity contribution in [2.24, 2.45) is 5.84 Å². The summed E-state index contributed by atoms with van der Waals surface area (Å²) in [4.78, 5) is 0. The Hall–Kier alpha value is -0.550. The molecule has 94 valence electrons. The lowest BCUT2D eigenvalue weighted by Gasteiger charge is -2.29. The fourth-order valence-electron chi connectivity index (χ4n) is 2.13. The third kappa shape index (κ3) is 3.71. The molecule has 0 saturated carbocycles. The highest BCUT2D eigenvalue weighted by Crippen LogP contribution is 2.18. The number of nitrogens with two attached hydrogens (primary N) is 1. The first kappa shape index (κ1) is 12.9. The molecular weight excluding hydrogens is 232 g/mol. The molecule has 0 aromatic heterocycles. The average molecular weight is 252 g/mol. The average Bonchev–Trinajstić information content (AvgIpc) is 2.37. The van der Waals surface area contributed by atoms with E-state index in [1.165, 1.54) is 11.1 Å². The van der Waals surface area contributed by atoms with Crippen LogP contribution in [0.15, 0.2) is 24.3 Å². The predicted molar refractivity (Wildman–Crippen MR) is 73.1 cm³/mol. The van der Waals surface area contributed by atoms with Gasteiger partial charge in [-0.25, -0.2) is 0 Å². The number of thioether (sulfide) groups is 1. The van der Waals surface area contributed by atoms with Crippen molar-refractivity contribution in [1.29, 1.82) is 0 Å². The van der Waals surface area contributed by atoms with Crippen molar-refractivity contribution >= 4 is 11.8 Å². The van der Waals surface area contributed by atoms with Crippen LogP contribution in [0.1, 0.15) is 11.1 Å². The standard InChI is InChI=1S/C13H20N2OS/c1-10-3-2-4-11(7-10)8-12(15-14)13-9-17-6-5-16-13/h2-4,7,12-13,15H,5-6,8-9,14H2,1H3. The van der Waals surface area contributed by atoms with Crippen LogP contribution >= 0.6 is 11.8 Å². The van der Waals surface area contributed by atoms with E-state index in [0.717, 1.165) is 24.5 Å². The first-order chi connectivity index (χ1) is 8.29. The fourth-order valence-corrected chi connectivity index (χ4v) is 3.07. The van der Waals surface area contributed by atoms with Gasteiger partial charge in [-0.05, 0) is 18.9 Å². The summed E-state index contributed by atoms with van der Waals surface area (Å²) in [6.45, 7) is 2.95. The largest absolute Gasteiger partial charge is 0.375 e. The van der Waals surface area contributed by atoms with Crippen molar-refractivity contribution in [2.45, 2.75) is 25.5 Å². The lowest BCUT2D eigenvalue weighted by molar-refractivity contribution is 0.0472. The second kappa shape index (κ2) is 6.40. The molecule has 1 fully saturated rings. The van der Waals surface area contributed by atoms with Gasteiger partial charge in [0.05, 0.1) is 18.8 Å². The summed E-state index contributed by atoms with van der Waals surface area (Å²) >= 11 is 1.94. The maximum Gasteiger partial charge on any atom is 0.0835 e. The Bertz CT molecular complexity index is 353. The third-order valence-corrected chi connectivity index (χ3v) is 4.06. The van der Waals surface area contributed by atoms with Crippen molar-refractivity contribution in [2.75, 3.05) is 18.1 Å². The van der Waals surface area contributed by atoms with Gasteiger partial charge in [0.25, 0.3) is 0 Å². The van der Waals surface area contributed by atoms with E-state index >= 15 is 0 Å². The van der Waals surface area contributed by atoms with Gasteiger partial charge in [-0.3, -0.25) is 11.3 Å². The van der Waals surface area contributed by atoms with Crippen LogP contribution in [0.25, 0.3) is 0 Å². The summed E-state index contributed by atoms with van der Waals surface area (Å²) in [7, 11) is 0. The van der Waals surface area contributed by atoms with Gasteiger partial charge in [-0.2, -0.15) is 11.8 Å². The highest BCUT2D eigenvalue weighted by Gasteiger charge is 2.24. The molecule has 0 aliphatic carbocycles. The molecule has 2 atom stereocenters. The fraction of sp³-hybridized carbons (Fsp3) is 0.538. The summed E-state index contributed by atoms with van der Waals surface area (Å²) in [5.74, 6) is 7.77. The number of benzene rings is 1. The van der Waals surface area contributed by atoms with Crippen molar-refractivity contribution in [3.8, 4) is 0 Å². The molecule has 0 bridgehead atoms. The number of aryl methyl sites for hydroxylation is 1.